The summed E-state index contributed by atoms with van der Waals surface area (Å²) in [5.41, 5.74) is 2.15. The molecule has 4 aromatic rings. The van der Waals surface area contributed by atoms with Crippen LogP contribution in [0.2, 0.25) is 0 Å². The van der Waals surface area contributed by atoms with Crippen LogP contribution in [0.3, 0.4) is 0 Å². The minimum absolute atomic E-state index is 0.0273. The summed E-state index contributed by atoms with van der Waals surface area (Å²) in [6, 6.07) is 12.3. The molecule has 0 aliphatic heterocycles. The molecule has 0 atom stereocenters. The third kappa shape index (κ3) is 4.77. The van der Waals surface area contributed by atoms with Gasteiger partial charge in [-0.15, -0.1) is 0 Å². The van der Waals surface area contributed by atoms with Gasteiger partial charge in [-0.3, -0.25) is 4.79 Å². The molecule has 2 heterocycles. The lowest BCUT2D eigenvalue weighted by atomic mass is 9.95. The SMILES string of the molecule is CC(C)(COc1ncc(-c2ccc(Nc3nc4cc(F)ccc4s3)cc2)cn1)C(=O)O. The second-order valence-corrected chi connectivity index (χ2v) is 8.60. The van der Waals surface area contributed by atoms with Gasteiger partial charge in [0.15, 0.2) is 5.13 Å². The first-order chi connectivity index (χ1) is 14.8. The standard InChI is InChI=1S/C22H19FN4O3S/c1-22(2,19(28)29)12-30-20-24-10-14(11-25-20)13-3-6-16(7-4-13)26-21-27-17-9-15(23)5-8-18(17)31-21/h3-11H,12H2,1-2H3,(H,26,27)(H,28,29). The van der Waals surface area contributed by atoms with E-state index in [1.807, 2.05) is 24.3 Å². The number of halogens is 1. The van der Waals surface area contributed by atoms with Crippen LogP contribution in [0.25, 0.3) is 21.3 Å². The van der Waals surface area contributed by atoms with Gasteiger partial charge < -0.3 is 15.2 Å². The van der Waals surface area contributed by atoms with E-state index in [0.29, 0.717) is 10.6 Å². The summed E-state index contributed by atoms with van der Waals surface area (Å²) in [6.07, 6.45) is 3.25. The number of carboxylic acid groups (broad SMARTS) is 1. The Hall–Kier alpha value is -3.59. The molecular formula is C22H19FN4O3S. The molecule has 9 heteroatoms. The number of aliphatic carboxylic acids is 1. The molecule has 0 amide bonds. The predicted molar refractivity (Wildman–Crippen MR) is 117 cm³/mol. The molecule has 2 N–H and O–H groups in total. The summed E-state index contributed by atoms with van der Waals surface area (Å²) in [5, 5.41) is 13.0. The fourth-order valence-corrected chi connectivity index (χ4v) is 3.54. The number of thiazole rings is 1. The second-order valence-electron chi connectivity index (χ2n) is 7.57. The van der Waals surface area contributed by atoms with E-state index in [2.05, 4.69) is 20.3 Å². The minimum atomic E-state index is -1.03. The molecule has 0 radical (unpaired) electrons. The van der Waals surface area contributed by atoms with Crippen LogP contribution in [0.4, 0.5) is 15.2 Å². The Kier molecular flexibility index (Phi) is 5.51. The molecule has 0 bridgehead atoms. The van der Waals surface area contributed by atoms with Crippen molar-refractivity contribution in [2.24, 2.45) is 5.41 Å². The number of hydrogen-bond acceptors (Lipinski definition) is 7. The first kappa shape index (κ1) is 20.7. The number of ether oxygens (including phenoxy) is 1. The van der Waals surface area contributed by atoms with Gasteiger partial charge in [-0.1, -0.05) is 23.5 Å². The molecule has 0 saturated carbocycles. The molecule has 31 heavy (non-hydrogen) atoms. The summed E-state index contributed by atoms with van der Waals surface area (Å²) in [5.74, 6) is -1.26. The van der Waals surface area contributed by atoms with Crippen molar-refractivity contribution in [3.63, 3.8) is 0 Å². The van der Waals surface area contributed by atoms with E-state index in [4.69, 9.17) is 9.84 Å². The Bertz CT molecular complexity index is 1220. The van der Waals surface area contributed by atoms with E-state index in [9.17, 15) is 9.18 Å². The van der Waals surface area contributed by atoms with E-state index < -0.39 is 11.4 Å². The molecular weight excluding hydrogens is 419 g/mol. The van der Waals surface area contributed by atoms with Crippen molar-refractivity contribution >= 4 is 38.3 Å². The number of anilines is 2. The van der Waals surface area contributed by atoms with Crippen LogP contribution in [0.1, 0.15) is 13.8 Å². The van der Waals surface area contributed by atoms with Gasteiger partial charge in [0.2, 0.25) is 0 Å². The lowest BCUT2D eigenvalue weighted by molar-refractivity contribution is -0.148. The molecule has 0 saturated heterocycles. The third-order valence-electron chi connectivity index (χ3n) is 4.59. The van der Waals surface area contributed by atoms with Crippen LogP contribution in [0, 0.1) is 11.2 Å². The largest absolute Gasteiger partial charge is 0.481 e. The highest BCUT2D eigenvalue weighted by Gasteiger charge is 2.28. The summed E-state index contributed by atoms with van der Waals surface area (Å²) in [4.78, 5) is 23.9. The van der Waals surface area contributed by atoms with E-state index in [-0.39, 0.29) is 18.4 Å². The average molecular weight is 438 g/mol. The lowest BCUT2D eigenvalue weighted by Gasteiger charge is -2.18. The van der Waals surface area contributed by atoms with Crippen molar-refractivity contribution in [3.8, 4) is 17.1 Å². The monoisotopic (exact) mass is 438 g/mol. The second kappa shape index (κ2) is 8.27. The summed E-state index contributed by atoms with van der Waals surface area (Å²) >= 11 is 1.45. The van der Waals surface area contributed by atoms with Crippen molar-refractivity contribution in [2.45, 2.75) is 13.8 Å². The number of fused-ring (bicyclic) bond motifs is 1. The summed E-state index contributed by atoms with van der Waals surface area (Å²) in [7, 11) is 0. The number of rotatable bonds is 7. The Morgan fingerprint density at radius 1 is 1.13 bits per heavy atom. The minimum Gasteiger partial charge on any atom is -0.481 e. The first-order valence-corrected chi connectivity index (χ1v) is 10.2. The fraction of sp³-hybridized carbons (Fsp3) is 0.182. The molecule has 0 aliphatic carbocycles. The van der Waals surface area contributed by atoms with Gasteiger partial charge in [0, 0.05) is 29.7 Å². The number of benzene rings is 2. The molecule has 0 fully saturated rings. The topological polar surface area (TPSA) is 97.2 Å². The smallest absolute Gasteiger partial charge is 0.316 e. The molecule has 158 valence electrons. The van der Waals surface area contributed by atoms with Gasteiger partial charge in [-0.25, -0.2) is 19.3 Å². The molecule has 0 unspecified atom stereocenters. The molecule has 0 aliphatic rings. The van der Waals surface area contributed by atoms with Crippen molar-refractivity contribution in [3.05, 3.63) is 60.7 Å². The number of aromatic nitrogens is 3. The number of carbonyl (C=O) groups is 1. The van der Waals surface area contributed by atoms with E-state index in [1.165, 1.54) is 23.5 Å². The van der Waals surface area contributed by atoms with E-state index >= 15 is 0 Å². The molecule has 2 aromatic heterocycles. The number of nitrogens with one attached hydrogen (secondary N) is 1. The van der Waals surface area contributed by atoms with Gasteiger partial charge in [0.1, 0.15) is 12.4 Å². The molecule has 0 spiro atoms. The Labute approximate surface area is 181 Å². The van der Waals surface area contributed by atoms with Crippen molar-refractivity contribution in [1.82, 2.24) is 15.0 Å². The maximum absolute atomic E-state index is 13.3. The van der Waals surface area contributed by atoms with E-state index in [0.717, 1.165) is 21.5 Å². The fourth-order valence-electron chi connectivity index (χ4n) is 2.67. The number of carboxylic acids is 1. The van der Waals surface area contributed by atoms with Gasteiger partial charge in [0.05, 0.1) is 15.6 Å². The molecule has 2 aromatic carbocycles. The van der Waals surface area contributed by atoms with Crippen LogP contribution in [-0.2, 0) is 4.79 Å². The number of hydrogen-bond donors (Lipinski definition) is 2. The van der Waals surface area contributed by atoms with Gasteiger partial charge >= 0.3 is 12.0 Å². The zero-order valence-corrected chi connectivity index (χ0v) is 17.6. The van der Waals surface area contributed by atoms with Crippen molar-refractivity contribution in [2.75, 3.05) is 11.9 Å². The first-order valence-electron chi connectivity index (χ1n) is 9.42. The number of nitrogens with zero attached hydrogens (tertiary/aromatic N) is 3. The van der Waals surface area contributed by atoms with Crippen LogP contribution in [0.15, 0.2) is 54.9 Å². The zero-order valence-electron chi connectivity index (χ0n) is 16.8. The zero-order chi connectivity index (χ0) is 22.0. The van der Waals surface area contributed by atoms with Crippen LogP contribution < -0.4 is 10.1 Å². The summed E-state index contributed by atoms with van der Waals surface area (Å²) < 4.78 is 19.6. The van der Waals surface area contributed by atoms with Crippen LogP contribution in [-0.4, -0.2) is 32.6 Å². The highest BCUT2D eigenvalue weighted by atomic mass is 32.1. The van der Waals surface area contributed by atoms with Gasteiger partial charge in [-0.05, 0) is 43.7 Å². The highest BCUT2D eigenvalue weighted by Crippen LogP contribution is 2.29. The van der Waals surface area contributed by atoms with Gasteiger partial charge in [-0.2, -0.15) is 0 Å². The Morgan fingerprint density at radius 2 is 1.84 bits per heavy atom. The van der Waals surface area contributed by atoms with Crippen LogP contribution in [0.5, 0.6) is 6.01 Å². The molecule has 7 nitrogen and oxygen atoms in total. The average Bonchev–Trinajstić information content (AvgIpc) is 3.14. The Balaban J connectivity index is 1.42. The van der Waals surface area contributed by atoms with E-state index in [1.54, 1.807) is 32.3 Å². The lowest BCUT2D eigenvalue weighted by Crippen LogP contribution is -2.31. The quantitative estimate of drug-likeness (QED) is 0.413. The van der Waals surface area contributed by atoms with Crippen molar-refractivity contribution in [1.29, 1.82) is 0 Å². The molecule has 4 rings (SSSR count). The predicted octanol–water partition coefficient (Wildman–Crippen LogP) is 5.13. The highest BCUT2D eigenvalue weighted by molar-refractivity contribution is 7.22. The normalized spacial score (nSPS) is 11.5. The third-order valence-corrected chi connectivity index (χ3v) is 5.54. The summed E-state index contributed by atoms with van der Waals surface area (Å²) in [6.45, 7) is 3.12. The Morgan fingerprint density at radius 3 is 2.52 bits per heavy atom. The maximum atomic E-state index is 13.3. The van der Waals surface area contributed by atoms with Crippen LogP contribution >= 0.6 is 11.3 Å². The van der Waals surface area contributed by atoms with Crippen molar-refractivity contribution < 1.29 is 19.0 Å². The maximum Gasteiger partial charge on any atom is 0.316 e. The van der Waals surface area contributed by atoms with Gasteiger partial charge in [0.25, 0.3) is 0 Å².